The molecule has 8 heteroatoms. The average molecular weight is 387 g/mol. The van der Waals surface area contributed by atoms with Crippen LogP contribution >= 0.6 is 0 Å². The van der Waals surface area contributed by atoms with Gasteiger partial charge in [0.15, 0.2) is 0 Å². The van der Waals surface area contributed by atoms with Crippen molar-refractivity contribution in [2.24, 2.45) is 12.5 Å². The molecule has 0 bridgehead atoms. The van der Waals surface area contributed by atoms with Crippen LogP contribution in [0, 0.1) is 11.2 Å². The third-order valence-electron chi connectivity index (χ3n) is 5.55. The first-order valence-electron chi connectivity index (χ1n) is 9.54. The van der Waals surface area contributed by atoms with Gasteiger partial charge in [-0.25, -0.2) is 14.2 Å². The van der Waals surface area contributed by atoms with Crippen molar-refractivity contribution >= 4 is 17.4 Å². The van der Waals surface area contributed by atoms with E-state index >= 15 is 0 Å². The van der Waals surface area contributed by atoms with Crippen LogP contribution in [0.4, 0.5) is 20.6 Å². The highest BCUT2D eigenvalue weighted by molar-refractivity contribution is 5.94. The summed E-state index contributed by atoms with van der Waals surface area (Å²) in [5, 5.41) is 2.99. The summed E-state index contributed by atoms with van der Waals surface area (Å²) < 4.78 is 21.2. The van der Waals surface area contributed by atoms with Crippen molar-refractivity contribution in [2.75, 3.05) is 43.1 Å². The Morgan fingerprint density at radius 2 is 2.07 bits per heavy atom. The lowest BCUT2D eigenvalue weighted by atomic mass is 9.74. The summed E-state index contributed by atoms with van der Waals surface area (Å²) in [4.78, 5) is 21.3. The zero-order chi connectivity index (χ0) is 19.9. The Balaban J connectivity index is 1.56. The van der Waals surface area contributed by atoms with E-state index in [1.165, 1.54) is 12.1 Å². The summed E-state index contributed by atoms with van der Waals surface area (Å²) in [5.41, 5.74) is 1.23. The summed E-state index contributed by atoms with van der Waals surface area (Å²) in [6.07, 6.45) is 3.63. The lowest BCUT2D eigenvalue weighted by molar-refractivity contribution is -0.0182. The molecule has 1 aromatic heterocycles. The van der Waals surface area contributed by atoms with Crippen LogP contribution in [0.25, 0.3) is 0 Å². The molecule has 2 amide bonds. The molecule has 2 aromatic rings. The van der Waals surface area contributed by atoms with Crippen LogP contribution in [0.2, 0.25) is 0 Å². The Morgan fingerprint density at radius 3 is 2.71 bits per heavy atom. The number of nitrogens with zero attached hydrogens (tertiary/aromatic N) is 4. The first-order chi connectivity index (χ1) is 13.4. The highest BCUT2D eigenvalue weighted by atomic mass is 19.1. The van der Waals surface area contributed by atoms with Crippen LogP contribution in [0.5, 0.6) is 0 Å². The van der Waals surface area contributed by atoms with Crippen LogP contribution in [-0.4, -0.2) is 53.3 Å². The van der Waals surface area contributed by atoms with Gasteiger partial charge in [-0.3, -0.25) is 0 Å². The monoisotopic (exact) mass is 387 g/mol. The molecule has 1 atom stereocenters. The van der Waals surface area contributed by atoms with E-state index in [9.17, 15) is 9.18 Å². The zero-order valence-corrected chi connectivity index (χ0v) is 16.5. The van der Waals surface area contributed by atoms with E-state index in [4.69, 9.17) is 4.74 Å². The van der Waals surface area contributed by atoms with E-state index in [1.54, 1.807) is 17.2 Å². The van der Waals surface area contributed by atoms with E-state index in [0.717, 1.165) is 5.82 Å². The molecule has 0 spiro atoms. The van der Waals surface area contributed by atoms with Crippen LogP contribution in [0.15, 0.2) is 30.6 Å². The summed E-state index contributed by atoms with van der Waals surface area (Å²) >= 11 is 0. The number of rotatable bonds is 3. The molecule has 0 saturated carbocycles. The second-order valence-corrected chi connectivity index (χ2v) is 8.11. The number of carbonyl (C=O) groups is 1. The molecule has 2 saturated heterocycles. The number of nitrogens with one attached hydrogen (secondary N) is 1. The first-order valence-corrected chi connectivity index (χ1v) is 9.54. The van der Waals surface area contributed by atoms with E-state index in [2.05, 4.69) is 24.1 Å². The molecule has 1 N–H and O–H groups in total. The molecule has 2 fully saturated rings. The van der Waals surface area contributed by atoms with E-state index < -0.39 is 0 Å². The third-order valence-corrected chi connectivity index (χ3v) is 5.55. The molecular weight excluding hydrogens is 361 g/mol. The van der Waals surface area contributed by atoms with Gasteiger partial charge in [0.1, 0.15) is 11.6 Å². The Labute approximate surface area is 164 Å². The van der Waals surface area contributed by atoms with Gasteiger partial charge in [0.25, 0.3) is 0 Å². The minimum Gasteiger partial charge on any atom is -0.378 e. The SMILES string of the molecule is Cn1ccnc1C1N(C(=O)Nc2ccc(F)cc2N2CCOCC2)CC1(C)C. The molecule has 150 valence electrons. The van der Waals surface area contributed by atoms with Gasteiger partial charge in [0.2, 0.25) is 0 Å². The third kappa shape index (κ3) is 3.32. The van der Waals surface area contributed by atoms with Gasteiger partial charge in [-0.15, -0.1) is 0 Å². The number of hydrogen-bond donors (Lipinski definition) is 1. The molecule has 7 nitrogen and oxygen atoms in total. The highest BCUT2D eigenvalue weighted by Gasteiger charge is 2.51. The lowest BCUT2D eigenvalue weighted by Gasteiger charge is -2.53. The van der Waals surface area contributed by atoms with Crippen molar-refractivity contribution in [3.05, 3.63) is 42.2 Å². The fourth-order valence-corrected chi connectivity index (χ4v) is 4.11. The minimum atomic E-state index is -0.324. The fraction of sp³-hybridized carbons (Fsp3) is 0.500. The quantitative estimate of drug-likeness (QED) is 0.880. The molecule has 4 rings (SSSR count). The molecule has 0 aliphatic carbocycles. The summed E-state index contributed by atoms with van der Waals surface area (Å²) in [7, 11) is 1.93. The molecule has 1 unspecified atom stereocenters. The highest BCUT2D eigenvalue weighted by Crippen LogP contribution is 2.48. The van der Waals surface area contributed by atoms with Crippen molar-refractivity contribution in [2.45, 2.75) is 19.9 Å². The predicted octanol–water partition coefficient (Wildman–Crippen LogP) is 3.01. The molecule has 3 heterocycles. The molecule has 2 aliphatic heterocycles. The Kier molecular flexibility index (Phi) is 4.74. The van der Waals surface area contributed by atoms with Gasteiger partial charge in [0, 0.05) is 44.5 Å². The van der Waals surface area contributed by atoms with Gasteiger partial charge in [0.05, 0.1) is 30.6 Å². The number of carbonyl (C=O) groups excluding carboxylic acids is 1. The minimum absolute atomic E-state index is 0.0632. The maximum atomic E-state index is 13.9. The standard InChI is InChI=1S/C20H26FN5O2/c1-20(2)13-26(17(20)18-22-6-7-24(18)3)19(27)23-15-5-4-14(21)12-16(15)25-8-10-28-11-9-25/h4-7,12,17H,8-11,13H2,1-3H3,(H,23,27). The van der Waals surface area contributed by atoms with E-state index in [1.807, 2.05) is 22.7 Å². The molecule has 0 radical (unpaired) electrons. The number of morpholine rings is 1. The number of halogens is 1. The van der Waals surface area contributed by atoms with Crippen molar-refractivity contribution < 1.29 is 13.9 Å². The van der Waals surface area contributed by atoms with E-state index in [-0.39, 0.29) is 23.3 Å². The Hall–Kier alpha value is -2.61. The number of aryl methyl sites for hydroxylation is 1. The van der Waals surface area contributed by atoms with Crippen molar-refractivity contribution in [1.82, 2.24) is 14.5 Å². The number of likely N-dealkylation sites (tertiary alicyclic amines) is 1. The van der Waals surface area contributed by atoms with Gasteiger partial charge in [-0.2, -0.15) is 0 Å². The zero-order valence-electron chi connectivity index (χ0n) is 16.5. The number of anilines is 2. The van der Waals surface area contributed by atoms with E-state index in [0.29, 0.717) is 44.2 Å². The summed E-state index contributed by atoms with van der Waals surface area (Å²) in [6.45, 7) is 7.40. The van der Waals surface area contributed by atoms with Gasteiger partial charge >= 0.3 is 6.03 Å². The number of urea groups is 1. The number of imidazole rings is 1. The van der Waals surface area contributed by atoms with Crippen molar-refractivity contribution in [1.29, 1.82) is 0 Å². The number of amides is 2. The normalized spacial score (nSPS) is 21.4. The number of ether oxygens (including phenoxy) is 1. The van der Waals surface area contributed by atoms with Crippen molar-refractivity contribution in [3.63, 3.8) is 0 Å². The predicted molar refractivity (Wildman–Crippen MR) is 105 cm³/mol. The Morgan fingerprint density at radius 1 is 1.32 bits per heavy atom. The number of hydrogen-bond acceptors (Lipinski definition) is 4. The molecule has 2 aliphatic rings. The van der Waals surface area contributed by atoms with Crippen molar-refractivity contribution in [3.8, 4) is 0 Å². The Bertz CT molecular complexity index is 875. The topological polar surface area (TPSA) is 62.6 Å². The summed E-state index contributed by atoms with van der Waals surface area (Å²) in [6, 6.07) is 4.15. The molecule has 28 heavy (non-hydrogen) atoms. The number of aromatic nitrogens is 2. The maximum Gasteiger partial charge on any atom is 0.322 e. The number of benzene rings is 1. The maximum absolute atomic E-state index is 13.9. The van der Waals surface area contributed by atoms with Crippen LogP contribution in [0.3, 0.4) is 0 Å². The summed E-state index contributed by atoms with van der Waals surface area (Å²) in [5.74, 6) is 0.536. The van der Waals surface area contributed by atoms with Gasteiger partial charge in [-0.05, 0) is 18.2 Å². The van der Waals surface area contributed by atoms with Crippen LogP contribution in [-0.2, 0) is 11.8 Å². The van der Waals surface area contributed by atoms with Crippen LogP contribution < -0.4 is 10.2 Å². The average Bonchev–Trinajstić information content (AvgIpc) is 3.07. The first kappa shape index (κ1) is 18.7. The second-order valence-electron chi connectivity index (χ2n) is 8.11. The largest absolute Gasteiger partial charge is 0.378 e. The second kappa shape index (κ2) is 7.09. The smallest absolute Gasteiger partial charge is 0.322 e. The molecule has 1 aromatic carbocycles. The lowest BCUT2D eigenvalue weighted by Crippen LogP contribution is -2.59. The van der Waals surface area contributed by atoms with Gasteiger partial charge in [-0.1, -0.05) is 13.8 Å². The van der Waals surface area contributed by atoms with Crippen LogP contribution in [0.1, 0.15) is 25.7 Å². The van der Waals surface area contributed by atoms with Gasteiger partial charge < -0.3 is 24.4 Å². The fourth-order valence-electron chi connectivity index (χ4n) is 4.11. The molecular formula is C20H26FN5O2.